The van der Waals surface area contributed by atoms with Gasteiger partial charge >= 0.3 is 0 Å². The summed E-state index contributed by atoms with van der Waals surface area (Å²) >= 11 is 1.06. The first-order valence-electron chi connectivity index (χ1n) is 5.57. The Morgan fingerprint density at radius 3 is 2.78 bits per heavy atom. The highest BCUT2D eigenvalue weighted by atomic mass is 32.1. The van der Waals surface area contributed by atoms with Gasteiger partial charge in [-0.1, -0.05) is 6.92 Å². The Morgan fingerprint density at radius 1 is 1.44 bits per heavy atom. The fraction of sp³-hybridized carbons (Fsp3) is 0.500. The molecule has 0 unspecified atom stereocenters. The molecule has 2 amide bonds. The van der Waals surface area contributed by atoms with Crippen molar-refractivity contribution in [2.45, 2.75) is 13.3 Å². The number of anilines is 2. The molecule has 8 heteroatoms. The van der Waals surface area contributed by atoms with Gasteiger partial charge in [-0.2, -0.15) is 4.37 Å². The Balaban J connectivity index is 2.62. The van der Waals surface area contributed by atoms with Crippen LogP contribution in [0.3, 0.4) is 0 Å². The third-order valence-electron chi connectivity index (χ3n) is 2.15. The molecule has 0 saturated carbocycles. The standard InChI is InChI=1S/C10H17N5O2S/c1-3-4-13-6(16)5-14-10-7(9(17)12-2)8(11)15-18-10/h14H,3-5H2,1-2H3,(H2,11,15)(H,12,17)(H,13,16). The van der Waals surface area contributed by atoms with Crippen molar-refractivity contribution in [2.24, 2.45) is 0 Å². The van der Waals surface area contributed by atoms with Crippen molar-refractivity contribution in [1.82, 2.24) is 15.0 Å². The maximum Gasteiger partial charge on any atom is 0.257 e. The molecule has 0 bridgehead atoms. The quantitative estimate of drug-likeness (QED) is 0.583. The maximum atomic E-state index is 11.6. The van der Waals surface area contributed by atoms with Crippen molar-refractivity contribution in [3.8, 4) is 0 Å². The first kappa shape index (κ1) is 14.2. The summed E-state index contributed by atoms with van der Waals surface area (Å²) in [5.74, 6) is -0.291. The number of amides is 2. The molecule has 18 heavy (non-hydrogen) atoms. The van der Waals surface area contributed by atoms with E-state index >= 15 is 0 Å². The zero-order valence-corrected chi connectivity index (χ0v) is 11.2. The minimum atomic E-state index is -0.322. The number of carbonyl (C=O) groups excluding carboxylic acids is 2. The molecule has 0 aromatic carbocycles. The fourth-order valence-electron chi connectivity index (χ4n) is 1.25. The fourth-order valence-corrected chi connectivity index (χ4v) is 1.96. The smallest absolute Gasteiger partial charge is 0.257 e. The van der Waals surface area contributed by atoms with Crippen LogP contribution in [0.2, 0.25) is 0 Å². The van der Waals surface area contributed by atoms with Crippen LogP contribution in [0, 0.1) is 0 Å². The zero-order valence-electron chi connectivity index (χ0n) is 10.4. The molecule has 1 aromatic rings. The number of nitrogen functional groups attached to an aromatic ring is 1. The molecule has 5 N–H and O–H groups in total. The molecule has 0 radical (unpaired) electrons. The topological polar surface area (TPSA) is 109 Å². The first-order valence-corrected chi connectivity index (χ1v) is 6.35. The Morgan fingerprint density at radius 2 is 2.17 bits per heavy atom. The number of nitrogens with zero attached hydrogens (tertiary/aromatic N) is 1. The lowest BCUT2D eigenvalue weighted by atomic mass is 10.3. The zero-order chi connectivity index (χ0) is 13.5. The van der Waals surface area contributed by atoms with E-state index < -0.39 is 0 Å². The Hall–Kier alpha value is -1.83. The molecule has 0 fully saturated rings. The number of aromatic nitrogens is 1. The van der Waals surface area contributed by atoms with E-state index in [2.05, 4.69) is 20.3 Å². The van der Waals surface area contributed by atoms with Gasteiger partial charge in [0, 0.05) is 13.6 Å². The molecule has 0 aliphatic rings. The van der Waals surface area contributed by atoms with Crippen LogP contribution in [-0.4, -0.2) is 36.3 Å². The van der Waals surface area contributed by atoms with Crippen LogP contribution in [0.15, 0.2) is 0 Å². The molecule has 0 saturated heterocycles. The molecule has 0 atom stereocenters. The number of rotatable bonds is 6. The summed E-state index contributed by atoms with van der Waals surface area (Å²) in [5.41, 5.74) is 5.89. The van der Waals surface area contributed by atoms with E-state index in [-0.39, 0.29) is 29.7 Å². The molecule has 0 aliphatic heterocycles. The number of hydrogen-bond donors (Lipinski definition) is 4. The Bertz CT molecular complexity index is 432. The summed E-state index contributed by atoms with van der Waals surface area (Å²) in [6.07, 6.45) is 0.878. The van der Waals surface area contributed by atoms with Gasteiger partial charge in [-0.05, 0) is 18.0 Å². The van der Waals surface area contributed by atoms with Crippen molar-refractivity contribution >= 4 is 34.2 Å². The molecule has 1 aromatic heterocycles. The van der Waals surface area contributed by atoms with E-state index in [1.807, 2.05) is 6.92 Å². The lowest BCUT2D eigenvalue weighted by molar-refractivity contribution is -0.119. The van der Waals surface area contributed by atoms with E-state index in [0.29, 0.717) is 11.5 Å². The number of carbonyl (C=O) groups is 2. The van der Waals surface area contributed by atoms with E-state index in [1.165, 1.54) is 7.05 Å². The van der Waals surface area contributed by atoms with Crippen LogP contribution in [0.1, 0.15) is 23.7 Å². The summed E-state index contributed by atoms with van der Waals surface area (Å²) < 4.78 is 3.89. The highest BCUT2D eigenvalue weighted by Gasteiger charge is 2.18. The van der Waals surface area contributed by atoms with Crippen molar-refractivity contribution in [3.63, 3.8) is 0 Å². The molecule has 100 valence electrons. The minimum absolute atomic E-state index is 0.0889. The summed E-state index contributed by atoms with van der Waals surface area (Å²) in [4.78, 5) is 23.0. The van der Waals surface area contributed by atoms with Crippen LogP contribution in [0.5, 0.6) is 0 Å². The van der Waals surface area contributed by atoms with Gasteiger partial charge in [0.2, 0.25) is 5.91 Å². The van der Waals surface area contributed by atoms with Crippen LogP contribution in [0.25, 0.3) is 0 Å². The largest absolute Gasteiger partial charge is 0.382 e. The van der Waals surface area contributed by atoms with Crippen molar-refractivity contribution in [2.75, 3.05) is 31.2 Å². The van der Waals surface area contributed by atoms with Gasteiger partial charge in [0.05, 0.1) is 6.54 Å². The van der Waals surface area contributed by atoms with Crippen LogP contribution < -0.4 is 21.7 Å². The molecular formula is C10H17N5O2S. The van der Waals surface area contributed by atoms with Gasteiger partial charge in [0.25, 0.3) is 5.91 Å². The number of nitrogens with two attached hydrogens (primary N) is 1. The van der Waals surface area contributed by atoms with Crippen LogP contribution in [0.4, 0.5) is 10.8 Å². The normalized spacial score (nSPS) is 9.89. The van der Waals surface area contributed by atoms with E-state index in [9.17, 15) is 9.59 Å². The third kappa shape index (κ3) is 3.59. The number of hydrogen-bond acceptors (Lipinski definition) is 6. The highest BCUT2D eigenvalue weighted by molar-refractivity contribution is 7.11. The summed E-state index contributed by atoms with van der Waals surface area (Å²) in [6.45, 7) is 2.70. The van der Waals surface area contributed by atoms with Crippen molar-refractivity contribution < 1.29 is 9.59 Å². The predicted octanol–water partition coefficient (Wildman–Crippen LogP) is 0.0230. The monoisotopic (exact) mass is 271 g/mol. The first-order chi connectivity index (χ1) is 8.60. The second-order valence-corrected chi connectivity index (χ2v) is 4.33. The van der Waals surface area contributed by atoms with Crippen LogP contribution in [-0.2, 0) is 4.79 Å². The SMILES string of the molecule is CCCNC(=O)CNc1snc(N)c1C(=O)NC. The molecule has 0 aliphatic carbocycles. The predicted molar refractivity (Wildman–Crippen MR) is 71.7 cm³/mol. The lowest BCUT2D eigenvalue weighted by Crippen LogP contribution is -2.30. The van der Waals surface area contributed by atoms with Crippen molar-refractivity contribution in [3.05, 3.63) is 5.56 Å². The average molecular weight is 271 g/mol. The van der Waals surface area contributed by atoms with E-state index in [0.717, 1.165) is 18.0 Å². The van der Waals surface area contributed by atoms with Crippen molar-refractivity contribution in [1.29, 1.82) is 0 Å². The summed E-state index contributed by atoms with van der Waals surface area (Å²) in [7, 11) is 1.51. The van der Waals surface area contributed by atoms with E-state index in [1.54, 1.807) is 0 Å². The van der Waals surface area contributed by atoms with Gasteiger partial charge in [-0.3, -0.25) is 9.59 Å². The van der Waals surface area contributed by atoms with Gasteiger partial charge < -0.3 is 21.7 Å². The maximum absolute atomic E-state index is 11.6. The van der Waals surface area contributed by atoms with E-state index in [4.69, 9.17) is 5.73 Å². The minimum Gasteiger partial charge on any atom is -0.382 e. The molecule has 0 spiro atoms. The van der Waals surface area contributed by atoms with Gasteiger partial charge in [0.1, 0.15) is 10.6 Å². The van der Waals surface area contributed by atoms with Gasteiger partial charge in [-0.15, -0.1) is 0 Å². The third-order valence-corrected chi connectivity index (χ3v) is 2.97. The number of nitrogens with one attached hydrogen (secondary N) is 3. The average Bonchev–Trinajstić information content (AvgIpc) is 2.74. The van der Waals surface area contributed by atoms with Gasteiger partial charge in [-0.25, -0.2) is 0 Å². The van der Waals surface area contributed by atoms with Gasteiger partial charge in [0.15, 0.2) is 5.82 Å². The molecule has 1 rings (SSSR count). The highest BCUT2D eigenvalue weighted by Crippen LogP contribution is 2.26. The molecular weight excluding hydrogens is 254 g/mol. The van der Waals surface area contributed by atoms with Crippen LogP contribution >= 0.6 is 11.5 Å². The second kappa shape index (κ2) is 6.80. The lowest BCUT2D eigenvalue weighted by Gasteiger charge is -2.06. The Kier molecular flexibility index (Phi) is 5.37. The molecule has 1 heterocycles. The Labute approximate surface area is 109 Å². The summed E-state index contributed by atoms with van der Waals surface area (Å²) in [5, 5.41) is 8.56. The molecule has 7 nitrogen and oxygen atoms in total. The second-order valence-electron chi connectivity index (χ2n) is 3.55. The summed E-state index contributed by atoms with van der Waals surface area (Å²) in [6, 6.07) is 0.